The average Bonchev–Trinajstić information content (AvgIpc) is 3.28. The number of carbonyl (C=O) groups excluding carboxylic acids is 1. The second kappa shape index (κ2) is 11.8. The third kappa shape index (κ3) is 7.03. The molecule has 0 aliphatic heterocycles. The van der Waals surface area contributed by atoms with Crippen molar-refractivity contribution in [3.8, 4) is 0 Å². The summed E-state index contributed by atoms with van der Waals surface area (Å²) < 4.78 is 6.69. The summed E-state index contributed by atoms with van der Waals surface area (Å²) >= 11 is 0. The lowest BCUT2D eigenvalue weighted by Crippen LogP contribution is -2.03. The van der Waals surface area contributed by atoms with Crippen LogP contribution in [0.5, 0.6) is 0 Å². The van der Waals surface area contributed by atoms with Crippen LogP contribution in [0.1, 0.15) is 47.9 Å². The molecule has 0 saturated heterocycles. The Morgan fingerprint density at radius 1 is 1.03 bits per heavy atom. The maximum atomic E-state index is 11.4. The van der Waals surface area contributed by atoms with Crippen molar-refractivity contribution in [2.45, 2.75) is 45.1 Å². The van der Waals surface area contributed by atoms with E-state index in [-0.39, 0.29) is 5.97 Å². The number of aryl methyl sites for hydroxylation is 2. The van der Waals surface area contributed by atoms with E-state index in [4.69, 9.17) is 4.74 Å². The van der Waals surface area contributed by atoms with E-state index >= 15 is 0 Å². The van der Waals surface area contributed by atoms with Crippen LogP contribution < -0.4 is 0 Å². The summed E-state index contributed by atoms with van der Waals surface area (Å²) in [5.41, 5.74) is 5.10. The van der Waals surface area contributed by atoms with Crippen LogP contribution in [-0.4, -0.2) is 22.9 Å². The second-order valence-electron chi connectivity index (χ2n) is 7.45. The highest BCUT2D eigenvalue weighted by atomic mass is 16.5. The lowest BCUT2D eigenvalue weighted by atomic mass is 9.98. The van der Waals surface area contributed by atoms with Crippen LogP contribution in [0.15, 0.2) is 73.1 Å². The largest absolute Gasteiger partial charge is 0.469 e. The van der Waals surface area contributed by atoms with Crippen LogP contribution in [-0.2, 0) is 28.9 Å². The summed E-state index contributed by atoms with van der Waals surface area (Å²) in [6.45, 7) is 0.754. The van der Waals surface area contributed by atoms with Crippen molar-refractivity contribution in [1.29, 1.82) is 0 Å². The number of methoxy groups -OCH3 is 1. The minimum atomic E-state index is -0.150. The zero-order chi connectivity index (χ0) is 21.0. The molecule has 0 spiro atoms. The number of esters is 1. The first kappa shape index (κ1) is 21.6. The van der Waals surface area contributed by atoms with Gasteiger partial charge in [-0.05, 0) is 66.5 Å². The molecule has 1 heterocycles. The van der Waals surface area contributed by atoms with Crippen LogP contribution in [0.4, 0.5) is 0 Å². The molecule has 0 bridgehead atoms. The number of rotatable bonds is 11. The Hall–Kier alpha value is -3.14. The Kier molecular flexibility index (Phi) is 8.46. The number of hydrogen-bond donors (Lipinski definition) is 0. The smallest absolute Gasteiger partial charge is 0.305 e. The lowest BCUT2D eigenvalue weighted by molar-refractivity contribution is -0.140. The van der Waals surface area contributed by atoms with E-state index in [1.54, 1.807) is 6.20 Å². The molecular weight excluding hydrogens is 372 g/mol. The van der Waals surface area contributed by atoms with Crippen molar-refractivity contribution in [2.75, 3.05) is 7.11 Å². The van der Waals surface area contributed by atoms with Crippen molar-refractivity contribution < 1.29 is 9.53 Å². The van der Waals surface area contributed by atoms with E-state index in [1.807, 2.05) is 16.9 Å². The van der Waals surface area contributed by atoms with E-state index < -0.39 is 0 Å². The Morgan fingerprint density at radius 3 is 2.67 bits per heavy atom. The molecule has 0 saturated carbocycles. The fraction of sp³-hybridized carbons (Fsp3) is 0.308. The van der Waals surface area contributed by atoms with Crippen molar-refractivity contribution in [2.24, 2.45) is 0 Å². The Morgan fingerprint density at radius 2 is 1.90 bits per heavy atom. The van der Waals surface area contributed by atoms with Gasteiger partial charge in [0, 0.05) is 18.8 Å². The molecule has 3 rings (SSSR count). The van der Waals surface area contributed by atoms with E-state index in [2.05, 4.69) is 65.8 Å². The van der Waals surface area contributed by atoms with Gasteiger partial charge in [0.1, 0.15) is 0 Å². The Balaban J connectivity index is 1.63. The molecule has 1 aromatic heterocycles. The molecule has 4 nitrogen and oxygen atoms in total. The summed E-state index contributed by atoms with van der Waals surface area (Å²) in [6.07, 6.45) is 13.6. The molecule has 0 amide bonds. The molecule has 0 N–H and O–H groups in total. The minimum absolute atomic E-state index is 0.150. The number of carbonyl (C=O) groups is 1. The van der Waals surface area contributed by atoms with Gasteiger partial charge >= 0.3 is 5.97 Å². The van der Waals surface area contributed by atoms with Crippen molar-refractivity contribution in [3.63, 3.8) is 0 Å². The monoisotopic (exact) mass is 402 g/mol. The Labute approximate surface area is 179 Å². The highest BCUT2D eigenvalue weighted by molar-refractivity contribution is 5.69. The van der Waals surface area contributed by atoms with Gasteiger partial charge in [0.25, 0.3) is 0 Å². The molecule has 30 heavy (non-hydrogen) atoms. The van der Waals surface area contributed by atoms with E-state index in [0.717, 1.165) is 38.6 Å². The molecule has 0 aliphatic rings. The lowest BCUT2D eigenvalue weighted by Gasteiger charge is -2.10. The van der Waals surface area contributed by atoms with Crippen LogP contribution in [0, 0.1) is 0 Å². The SMILES string of the molecule is COC(=O)CCCc1ccc(Cn2cccn2)cc1/C=C/CCCc1ccccc1. The summed E-state index contributed by atoms with van der Waals surface area (Å²) in [5, 5.41) is 4.30. The third-order valence-electron chi connectivity index (χ3n) is 5.15. The predicted octanol–water partition coefficient (Wildman–Crippen LogP) is 5.46. The molecule has 2 aromatic carbocycles. The molecule has 0 atom stereocenters. The first-order valence-corrected chi connectivity index (χ1v) is 10.6. The van der Waals surface area contributed by atoms with Gasteiger partial charge in [-0.3, -0.25) is 9.48 Å². The quantitative estimate of drug-likeness (QED) is 0.316. The number of benzene rings is 2. The van der Waals surface area contributed by atoms with Gasteiger partial charge < -0.3 is 4.74 Å². The van der Waals surface area contributed by atoms with E-state index in [1.165, 1.54) is 29.4 Å². The third-order valence-corrected chi connectivity index (χ3v) is 5.15. The van der Waals surface area contributed by atoms with Crippen LogP contribution in [0.25, 0.3) is 6.08 Å². The highest BCUT2D eigenvalue weighted by Crippen LogP contribution is 2.18. The summed E-state index contributed by atoms with van der Waals surface area (Å²) in [5.74, 6) is -0.150. The first-order chi connectivity index (χ1) is 14.7. The Bertz CT molecular complexity index is 931. The van der Waals surface area contributed by atoms with Crippen molar-refractivity contribution in [3.05, 3.63) is 95.3 Å². The van der Waals surface area contributed by atoms with Crippen LogP contribution >= 0.6 is 0 Å². The van der Waals surface area contributed by atoms with Gasteiger partial charge in [-0.1, -0.05) is 54.6 Å². The van der Waals surface area contributed by atoms with Crippen molar-refractivity contribution in [1.82, 2.24) is 9.78 Å². The van der Waals surface area contributed by atoms with Gasteiger partial charge in [-0.2, -0.15) is 5.10 Å². The minimum Gasteiger partial charge on any atom is -0.469 e. The normalized spacial score (nSPS) is 11.1. The molecule has 3 aromatic rings. The number of ether oxygens (including phenoxy) is 1. The second-order valence-corrected chi connectivity index (χ2v) is 7.45. The number of aromatic nitrogens is 2. The summed E-state index contributed by atoms with van der Waals surface area (Å²) in [6, 6.07) is 19.1. The topological polar surface area (TPSA) is 44.1 Å². The summed E-state index contributed by atoms with van der Waals surface area (Å²) in [4.78, 5) is 11.4. The number of unbranched alkanes of at least 4 members (excludes halogenated alkanes) is 1. The predicted molar refractivity (Wildman–Crippen MR) is 121 cm³/mol. The summed E-state index contributed by atoms with van der Waals surface area (Å²) in [7, 11) is 1.44. The molecule has 156 valence electrons. The average molecular weight is 403 g/mol. The molecule has 0 aliphatic carbocycles. The van der Waals surface area contributed by atoms with Gasteiger partial charge in [-0.25, -0.2) is 0 Å². The number of nitrogens with zero attached hydrogens (tertiary/aromatic N) is 2. The zero-order valence-electron chi connectivity index (χ0n) is 17.7. The molecular formula is C26H30N2O2. The zero-order valence-corrected chi connectivity index (χ0v) is 17.7. The fourth-order valence-corrected chi connectivity index (χ4v) is 3.51. The standard InChI is InChI=1S/C26H30N2O2/c1-30-26(29)15-8-14-24-17-16-23(21-28-19-9-18-27-28)20-25(24)13-7-3-6-12-22-10-4-2-5-11-22/h2,4-5,7,9-11,13,16-20H,3,6,8,12,14-15,21H2,1H3/b13-7+. The molecule has 0 unspecified atom stereocenters. The highest BCUT2D eigenvalue weighted by Gasteiger charge is 2.06. The molecule has 0 radical (unpaired) electrons. The maximum absolute atomic E-state index is 11.4. The van der Waals surface area contributed by atoms with Gasteiger partial charge in [0.15, 0.2) is 0 Å². The van der Waals surface area contributed by atoms with Crippen molar-refractivity contribution >= 4 is 12.0 Å². The first-order valence-electron chi connectivity index (χ1n) is 10.6. The fourth-order valence-electron chi connectivity index (χ4n) is 3.51. The number of hydrogen-bond acceptors (Lipinski definition) is 3. The van der Waals surface area contributed by atoms with Crippen LogP contribution in [0.3, 0.4) is 0 Å². The van der Waals surface area contributed by atoms with Gasteiger partial charge in [0.05, 0.1) is 13.7 Å². The van der Waals surface area contributed by atoms with E-state index in [0.29, 0.717) is 6.42 Å². The maximum Gasteiger partial charge on any atom is 0.305 e. The number of allylic oxidation sites excluding steroid dienone is 1. The van der Waals surface area contributed by atoms with Crippen LogP contribution in [0.2, 0.25) is 0 Å². The van der Waals surface area contributed by atoms with Gasteiger partial charge in [0.2, 0.25) is 0 Å². The van der Waals surface area contributed by atoms with E-state index in [9.17, 15) is 4.79 Å². The molecule has 0 fully saturated rings. The molecule has 4 heteroatoms. The van der Waals surface area contributed by atoms with Gasteiger partial charge in [-0.15, -0.1) is 0 Å².